The minimum atomic E-state index is -3.78. The highest BCUT2D eigenvalue weighted by atomic mass is 79.9. The summed E-state index contributed by atoms with van der Waals surface area (Å²) in [7, 11) is -2.21. The Morgan fingerprint density at radius 2 is 1.53 bits per heavy atom. The monoisotopic (exact) mass is 564 g/mol. The number of rotatable bonds is 7. The van der Waals surface area contributed by atoms with Gasteiger partial charge in [-0.2, -0.15) is 4.31 Å². The van der Waals surface area contributed by atoms with E-state index in [1.807, 2.05) is 78.9 Å². The molecule has 0 amide bonds. The van der Waals surface area contributed by atoms with Crippen LogP contribution in [0.15, 0.2) is 106 Å². The van der Waals surface area contributed by atoms with Crippen LogP contribution in [0.3, 0.4) is 0 Å². The van der Waals surface area contributed by atoms with E-state index in [9.17, 15) is 8.42 Å². The van der Waals surface area contributed by atoms with Gasteiger partial charge in [0.05, 0.1) is 17.3 Å². The quantitative estimate of drug-likeness (QED) is 0.283. The number of anilines is 1. The zero-order valence-electron chi connectivity index (χ0n) is 19.6. The van der Waals surface area contributed by atoms with Crippen molar-refractivity contribution in [3.63, 3.8) is 0 Å². The molecule has 36 heavy (non-hydrogen) atoms. The molecule has 0 aromatic heterocycles. The van der Waals surface area contributed by atoms with Crippen LogP contribution in [-0.2, 0) is 23.2 Å². The van der Waals surface area contributed by atoms with Crippen molar-refractivity contribution >= 4 is 31.6 Å². The highest BCUT2D eigenvalue weighted by molar-refractivity contribution is 9.10. The van der Waals surface area contributed by atoms with Crippen molar-refractivity contribution in [3.05, 3.63) is 118 Å². The van der Waals surface area contributed by atoms with Gasteiger partial charge in [-0.15, -0.1) is 0 Å². The molecule has 184 valence electrons. The van der Waals surface area contributed by atoms with Gasteiger partial charge in [0.25, 0.3) is 0 Å². The topological polar surface area (TPSA) is 67.9 Å². The predicted octanol–water partition coefficient (Wildman–Crippen LogP) is 6.35. The van der Waals surface area contributed by atoms with Gasteiger partial charge in [0, 0.05) is 6.54 Å². The Bertz CT molecular complexity index is 1460. The Kier molecular flexibility index (Phi) is 7.00. The van der Waals surface area contributed by atoms with Crippen LogP contribution >= 0.6 is 15.9 Å². The van der Waals surface area contributed by atoms with Crippen molar-refractivity contribution in [3.8, 4) is 11.5 Å². The minimum Gasteiger partial charge on any atom is -0.493 e. The Balaban J connectivity index is 1.54. The number of benzene rings is 4. The van der Waals surface area contributed by atoms with Gasteiger partial charge in [-0.25, -0.2) is 8.42 Å². The molecule has 0 radical (unpaired) electrons. The number of nitrogens with zero attached hydrogens (tertiary/aromatic N) is 1. The fraction of sp³-hybridized carbons (Fsp3) is 0.143. The molecule has 0 aliphatic carbocycles. The van der Waals surface area contributed by atoms with Crippen LogP contribution in [0.5, 0.6) is 11.5 Å². The van der Waals surface area contributed by atoms with Crippen LogP contribution in [0.4, 0.5) is 5.69 Å². The molecule has 0 fully saturated rings. The maximum Gasteiger partial charge on any atom is 0.247 e. The lowest BCUT2D eigenvalue weighted by Crippen LogP contribution is -2.42. The van der Waals surface area contributed by atoms with E-state index < -0.39 is 16.2 Å². The fourth-order valence-corrected chi connectivity index (χ4v) is 6.51. The third-order valence-corrected chi connectivity index (χ3v) is 8.49. The minimum absolute atomic E-state index is 0.210. The second-order valence-corrected chi connectivity index (χ2v) is 11.1. The highest BCUT2D eigenvalue weighted by Crippen LogP contribution is 2.44. The largest absolute Gasteiger partial charge is 0.493 e. The first-order valence-electron chi connectivity index (χ1n) is 11.4. The molecule has 4 aromatic carbocycles. The summed E-state index contributed by atoms with van der Waals surface area (Å²) in [5, 5.41) is 3.42. The normalized spacial score (nSPS) is 16.6. The number of hydrogen-bond donors (Lipinski definition) is 1. The average Bonchev–Trinajstić information content (AvgIpc) is 2.90. The lowest BCUT2D eigenvalue weighted by molar-refractivity contribution is 0.281. The number of hydrogen-bond acceptors (Lipinski definition) is 5. The molecule has 4 aromatic rings. The van der Waals surface area contributed by atoms with Crippen molar-refractivity contribution < 1.29 is 17.9 Å². The second kappa shape index (κ2) is 10.3. The molecular formula is C28H25BrN2O4S. The van der Waals surface area contributed by atoms with E-state index in [4.69, 9.17) is 9.47 Å². The van der Waals surface area contributed by atoms with Gasteiger partial charge in [0.1, 0.15) is 17.7 Å². The fourth-order valence-electron chi connectivity index (χ4n) is 4.25. The van der Waals surface area contributed by atoms with Gasteiger partial charge < -0.3 is 14.8 Å². The van der Waals surface area contributed by atoms with Gasteiger partial charge >= 0.3 is 0 Å². The molecule has 8 heteroatoms. The van der Waals surface area contributed by atoms with E-state index in [-0.39, 0.29) is 11.4 Å². The van der Waals surface area contributed by atoms with Gasteiger partial charge in [0.15, 0.2) is 11.5 Å². The number of fused-ring (bicyclic) bond motifs is 1. The maximum atomic E-state index is 13.8. The molecule has 0 saturated heterocycles. The molecule has 0 spiro atoms. The molecular weight excluding hydrogens is 540 g/mol. The zero-order chi connectivity index (χ0) is 25.1. The zero-order valence-corrected chi connectivity index (χ0v) is 22.0. The number of nitrogens with one attached hydrogen (secondary N) is 1. The Morgan fingerprint density at radius 1 is 0.889 bits per heavy atom. The molecule has 1 aliphatic heterocycles. The summed E-state index contributed by atoms with van der Waals surface area (Å²) in [6, 6.07) is 30.1. The van der Waals surface area contributed by atoms with Crippen LogP contribution in [0.25, 0.3) is 0 Å². The van der Waals surface area contributed by atoms with Gasteiger partial charge in [0.2, 0.25) is 10.0 Å². The first kappa shape index (κ1) is 24.4. The van der Waals surface area contributed by atoms with E-state index in [0.717, 1.165) is 16.7 Å². The van der Waals surface area contributed by atoms with Crippen molar-refractivity contribution in [1.82, 2.24) is 4.31 Å². The molecule has 6 nitrogen and oxygen atoms in total. The average molecular weight is 565 g/mol. The summed E-state index contributed by atoms with van der Waals surface area (Å²) in [6.45, 7) is 0.583. The van der Waals surface area contributed by atoms with Gasteiger partial charge in [-0.3, -0.25) is 0 Å². The molecule has 1 atom stereocenters. The summed E-state index contributed by atoms with van der Waals surface area (Å²) < 4.78 is 41.5. The number of halogens is 1. The molecule has 1 aliphatic rings. The van der Waals surface area contributed by atoms with Crippen LogP contribution in [0, 0.1) is 0 Å². The highest BCUT2D eigenvalue weighted by Gasteiger charge is 2.39. The van der Waals surface area contributed by atoms with E-state index in [1.165, 1.54) is 4.31 Å². The van der Waals surface area contributed by atoms with Crippen LogP contribution in [-0.4, -0.2) is 19.8 Å². The predicted molar refractivity (Wildman–Crippen MR) is 143 cm³/mol. The van der Waals surface area contributed by atoms with Crippen LogP contribution < -0.4 is 14.8 Å². The first-order valence-corrected chi connectivity index (χ1v) is 13.7. The maximum absolute atomic E-state index is 13.8. The first-order chi connectivity index (χ1) is 17.5. The summed E-state index contributed by atoms with van der Waals surface area (Å²) in [5.41, 5.74) is 3.20. The number of para-hydroxylation sites is 1. The SMILES string of the molecule is COc1cc([C@H]2Nc3ccccc3S(=O)(=O)N2Cc2ccccc2)cc(Br)c1OCc1ccccc1. The van der Waals surface area contributed by atoms with E-state index in [1.54, 1.807) is 25.3 Å². The second-order valence-electron chi connectivity index (χ2n) is 8.39. The van der Waals surface area contributed by atoms with Crippen LogP contribution in [0.2, 0.25) is 0 Å². The molecule has 0 bridgehead atoms. The Hall–Kier alpha value is -3.33. The summed E-state index contributed by atoms with van der Waals surface area (Å²) >= 11 is 3.63. The van der Waals surface area contributed by atoms with E-state index >= 15 is 0 Å². The lowest BCUT2D eigenvalue weighted by atomic mass is 10.1. The third kappa shape index (κ3) is 4.84. The number of ether oxygens (including phenoxy) is 2. The van der Waals surface area contributed by atoms with Crippen molar-refractivity contribution in [2.75, 3.05) is 12.4 Å². The summed E-state index contributed by atoms with van der Waals surface area (Å²) in [6.07, 6.45) is -0.654. The smallest absolute Gasteiger partial charge is 0.247 e. The lowest BCUT2D eigenvalue weighted by Gasteiger charge is -2.37. The molecule has 5 rings (SSSR count). The Labute approximate surface area is 219 Å². The van der Waals surface area contributed by atoms with Crippen molar-refractivity contribution in [1.29, 1.82) is 0 Å². The third-order valence-electron chi connectivity index (χ3n) is 6.03. The van der Waals surface area contributed by atoms with Gasteiger partial charge in [-0.05, 0) is 56.9 Å². The number of methoxy groups -OCH3 is 1. The van der Waals surface area contributed by atoms with Crippen LogP contribution in [0.1, 0.15) is 22.9 Å². The molecule has 0 unspecified atom stereocenters. The van der Waals surface area contributed by atoms with E-state index in [2.05, 4.69) is 21.2 Å². The van der Waals surface area contributed by atoms with Crippen molar-refractivity contribution in [2.24, 2.45) is 0 Å². The van der Waals surface area contributed by atoms with E-state index in [0.29, 0.717) is 28.3 Å². The number of sulfonamides is 1. The summed E-state index contributed by atoms with van der Waals surface area (Å²) in [4.78, 5) is 0.256. The standard InChI is InChI=1S/C28H25BrN2O4S/c1-34-25-17-22(16-23(29)27(25)35-19-21-12-6-3-7-13-21)28-30-24-14-8-9-15-26(24)36(32,33)31(28)18-20-10-4-2-5-11-20/h2-17,28,30H,18-19H2,1H3/t28-/m0/s1. The molecule has 1 N–H and O–H groups in total. The van der Waals surface area contributed by atoms with Gasteiger partial charge in [-0.1, -0.05) is 72.8 Å². The molecule has 0 saturated carbocycles. The Morgan fingerprint density at radius 3 is 2.22 bits per heavy atom. The molecule has 1 heterocycles. The van der Waals surface area contributed by atoms with Crippen molar-refractivity contribution in [2.45, 2.75) is 24.2 Å². The summed E-state index contributed by atoms with van der Waals surface area (Å²) in [5.74, 6) is 1.06.